The number of nitrogen functional groups attached to an aromatic ring is 1. The molecule has 1 aromatic rings. The number of anilines is 2. The van der Waals surface area contributed by atoms with Crippen LogP contribution >= 0.6 is 0 Å². The van der Waals surface area contributed by atoms with Gasteiger partial charge in [0.05, 0.1) is 30.2 Å². The molecule has 0 saturated heterocycles. The summed E-state index contributed by atoms with van der Waals surface area (Å²) in [7, 11) is 0. The highest BCUT2D eigenvalue weighted by Crippen LogP contribution is 2.29. The third-order valence-corrected chi connectivity index (χ3v) is 2.66. The number of nitrogens with zero attached hydrogens (tertiary/aromatic N) is 1. The number of benzene rings is 1. The number of halogens is 3. The number of hydrogen-bond acceptors (Lipinski definition) is 5. The van der Waals surface area contributed by atoms with Gasteiger partial charge in [-0.15, -0.1) is 0 Å². The van der Waals surface area contributed by atoms with Gasteiger partial charge in [-0.1, -0.05) is 6.07 Å². The first-order valence-electron chi connectivity index (χ1n) is 6.28. The van der Waals surface area contributed by atoms with Gasteiger partial charge in [0, 0.05) is 6.54 Å². The lowest BCUT2D eigenvalue weighted by atomic mass is 10.1. The van der Waals surface area contributed by atoms with Gasteiger partial charge in [-0.05, 0) is 19.1 Å². The zero-order chi connectivity index (χ0) is 16.0. The van der Waals surface area contributed by atoms with Gasteiger partial charge in [0.2, 0.25) is 0 Å². The van der Waals surface area contributed by atoms with Crippen molar-refractivity contribution in [1.29, 1.82) is 0 Å². The standard InChI is InChI=1S/C13H17F3N2O3/c1-2-21-12(20)9-4-3-5-10(11(9)17)18(6-7-19)8-13(14,15)16/h3-5,19H,2,6-8,17H2,1H3. The maximum absolute atomic E-state index is 12.6. The van der Waals surface area contributed by atoms with Gasteiger partial charge in [0.25, 0.3) is 0 Å². The van der Waals surface area contributed by atoms with E-state index in [2.05, 4.69) is 0 Å². The van der Waals surface area contributed by atoms with Crippen LogP contribution in [-0.4, -0.2) is 43.6 Å². The van der Waals surface area contributed by atoms with E-state index in [4.69, 9.17) is 15.6 Å². The van der Waals surface area contributed by atoms with Crippen LogP contribution in [0.5, 0.6) is 0 Å². The summed E-state index contributed by atoms with van der Waals surface area (Å²) < 4.78 is 42.5. The smallest absolute Gasteiger partial charge is 0.405 e. The Morgan fingerprint density at radius 2 is 2.10 bits per heavy atom. The molecule has 0 amide bonds. The van der Waals surface area contributed by atoms with E-state index in [0.29, 0.717) is 0 Å². The molecule has 1 aromatic carbocycles. The average Bonchev–Trinajstić information content (AvgIpc) is 2.37. The summed E-state index contributed by atoms with van der Waals surface area (Å²) in [5.74, 6) is -0.701. The van der Waals surface area contributed by atoms with E-state index in [0.717, 1.165) is 4.90 Å². The predicted octanol–water partition coefficient (Wildman–Crippen LogP) is 1.81. The molecule has 0 spiro atoms. The number of rotatable bonds is 6. The highest BCUT2D eigenvalue weighted by molar-refractivity contribution is 5.98. The summed E-state index contributed by atoms with van der Waals surface area (Å²) >= 11 is 0. The highest BCUT2D eigenvalue weighted by atomic mass is 19.4. The second kappa shape index (κ2) is 7.16. The SMILES string of the molecule is CCOC(=O)c1cccc(N(CCO)CC(F)(F)F)c1N. The fourth-order valence-electron chi connectivity index (χ4n) is 1.84. The lowest BCUT2D eigenvalue weighted by Crippen LogP contribution is -2.37. The minimum absolute atomic E-state index is 0.000496. The molecule has 0 heterocycles. The fraction of sp³-hybridized carbons (Fsp3) is 0.462. The van der Waals surface area contributed by atoms with Gasteiger partial charge < -0.3 is 20.5 Å². The topological polar surface area (TPSA) is 75.8 Å². The molecule has 0 fully saturated rings. The van der Waals surface area contributed by atoms with Crippen LogP contribution in [0.25, 0.3) is 0 Å². The first-order chi connectivity index (χ1) is 9.80. The normalized spacial score (nSPS) is 11.3. The van der Waals surface area contributed by atoms with Crippen LogP contribution in [0.3, 0.4) is 0 Å². The van der Waals surface area contributed by atoms with Crippen LogP contribution < -0.4 is 10.6 Å². The predicted molar refractivity (Wildman–Crippen MR) is 72.2 cm³/mol. The Morgan fingerprint density at radius 3 is 2.62 bits per heavy atom. The Morgan fingerprint density at radius 1 is 1.43 bits per heavy atom. The largest absolute Gasteiger partial charge is 0.462 e. The molecule has 0 unspecified atom stereocenters. The highest BCUT2D eigenvalue weighted by Gasteiger charge is 2.32. The molecule has 0 aliphatic carbocycles. The number of carbonyl (C=O) groups excluding carboxylic acids is 1. The Bertz CT molecular complexity index is 492. The second-order valence-corrected chi connectivity index (χ2v) is 4.22. The summed E-state index contributed by atoms with van der Waals surface area (Å²) in [5, 5.41) is 8.91. The van der Waals surface area contributed by atoms with E-state index >= 15 is 0 Å². The van der Waals surface area contributed by atoms with Crippen LogP contribution in [-0.2, 0) is 4.74 Å². The second-order valence-electron chi connectivity index (χ2n) is 4.22. The first kappa shape index (κ1) is 17.1. The quantitative estimate of drug-likeness (QED) is 0.619. The summed E-state index contributed by atoms with van der Waals surface area (Å²) in [6, 6.07) is 4.15. The number of nitrogens with two attached hydrogens (primary N) is 1. The van der Waals surface area contributed by atoms with Crippen molar-refractivity contribution in [3.8, 4) is 0 Å². The van der Waals surface area contributed by atoms with Crippen molar-refractivity contribution < 1.29 is 27.8 Å². The van der Waals surface area contributed by atoms with Gasteiger partial charge >= 0.3 is 12.1 Å². The van der Waals surface area contributed by atoms with E-state index in [1.807, 2.05) is 0 Å². The lowest BCUT2D eigenvalue weighted by Gasteiger charge is -2.27. The Balaban J connectivity index is 3.14. The third-order valence-electron chi connectivity index (χ3n) is 2.66. The summed E-state index contributed by atoms with van der Waals surface area (Å²) in [6.45, 7) is -0.260. The molecule has 0 aliphatic heterocycles. The summed E-state index contributed by atoms with van der Waals surface area (Å²) in [5.41, 5.74) is 5.70. The number of para-hydroxylation sites is 1. The minimum Gasteiger partial charge on any atom is -0.462 e. The molecule has 0 aliphatic rings. The first-order valence-corrected chi connectivity index (χ1v) is 6.28. The number of ether oxygens (including phenoxy) is 1. The van der Waals surface area contributed by atoms with E-state index in [9.17, 15) is 18.0 Å². The van der Waals surface area contributed by atoms with Gasteiger partial charge in [0.15, 0.2) is 0 Å². The van der Waals surface area contributed by atoms with Crippen LogP contribution in [0, 0.1) is 0 Å². The molecule has 0 aromatic heterocycles. The summed E-state index contributed by atoms with van der Waals surface area (Å²) in [4.78, 5) is 12.6. The molecule has 0 saturated carbocycles. The molecule has 118 valence electrons. The zero-order valence-electron chi connectivity index (χ0n) is 11.5. The Kier molecular flexibility index (Phi) is 5.83. The van der Waals surface area contributed by atoms with E-state index in [-0.39, 0.29) is 30.1 Å². The lowest BCUT2D eigenvalue weighted by molar-refractivity contribution is -0.119. The van der Waals surface area contributed by atoms with E-state index in [1.165, 1.54) is 18.2 Å². The Hall–Kier alpha value is -1.96. The van der Waals surface area contributed by atoms with E-state index < -0.39 is 25.3 Å². The zero-order valence-corrected chi connectivity index (χ0v) is 11.5. The van der Waals surface area contributed by atoms with Crippen molar-refractivity contribution in [2.24, 2.45) is 0 Å². The van der Waals surface area contributed by atoms with E-state index in [1.54, 1.807) is 6.92 Å². The molecule has 21 heavy (non-hydrogen) atoms. The maximum Gasteiger partial charge on any atom is 0.405 e. The monoisotopic (exact) mass is 306 g/mol. The van der Waals surface area contributed by atoms with Gasteiger partial charge in [0.1, 0.15) is 6.54 Å². The van der Waals surface area contributed by atoms with Gasteiger partial charge in [-0.25, -0.2) is 4.79 Å². The molecule has 0 bridgehead atoms. The van der Waals surface area contributed by atoms with Crippen molar-refractivity contribution >= 4 is 17.3 Å². The van der Waals surface area contributed by atoms with Crippen molar-refractivity contribution in [2.45, 2.75) is 13.1 Å². The summed E-state index contributed by atoms with van der Waals surface area (Å²) in [6.07, 6.45) is -4.46. The van der Waals surface area contributed by atoms with Gasteiger partial charge in [-0.2, -0.15) is 13.2 Å². The van der Waals surface area contributed by atoms with Crippen LogP contribution in [0.1, 0.15) is 17.3 Å². The molecule has 5 nitrogen and oxygen atoms in total. The average molecular weight is 306 g/mol. The van der Waals surface area contributed by atoms with Crippen molar-refractivity contribution in [1.82, 2.24) is 0 Å². The molecule has 0 radical (unpaired) electrons. The minimum atomic E-state index is -4.46. The molecular formula is C13H17F3N2O3. The number of alkyl halides is 3. The number of esters is 1. The molecule has 0 atom stereocenters. The molecular weight excluding hydrogens is 289 g/mol. The number of hydrogen-bond donors (Lipinski definition) is 2. The molecule has 1 rings (SSSR count). The van der Waals surface area contributed by atoms with Crippen molar-refractivity contribution in [3.63, 3.8) is 0 Å². The fourth-order valence-corrected chi connectivity index (χ4v) is 1.84. The van der Waals surface area contributed by atoms with Gasteiger partial charge in [-0.3, -0.25) is 0 Å². The third kappa shape index (κ3) is 4.82. The van der Waals surface area contributed by atoms with Crippen molar-refractivity contribution in [3.05, 3.63) is 23.8 Å². The molecule has 8 heteroatoms. The molecule has 3 N–H and O–H groups in total. The van der Waals surface area contributed by atoms with Crippen LogP contribution in [0.4, 0.5) is 24.5 Å². The number of aliphatic hydroxyl groups is 1. The van der Waals surface area contributed by atoms with Crippen molar-refractivity contribution in [2.75, 3.05) is 36.9 Å². The number of carbonyl (C=O) groups is 1. The maximum atomic E-state index is 12.6. The number of aliphatic hydroxyl groups excluding tert-OH is 1. The Labute approximate surface area is 120 Å². The van der Waals surface area contributed by atoms with Crippen LogP contribution in [0.2, 0.25) is 0 Å². The van der Waals surface area contributed by atoms with Crippen LogP contribution in [0.15, 0.2) is 18.2 Å².